The topological polar surface area (TPSA) is 35.5 Å². The zero-order valence-corrected chi connectivity index (χ0v) is 19.9. The average molecular weight is 443 g/mol. The number of nitrogens with zero attached hydrogens (tertiary/aromatic N) is 1. The summed E-state index contributed by atoms with van der Waals surface area (Å²) in [7, 11) is 0. The molecule has 2 N–H and O–H groups in total. The lowest BCUT2D eigenvalue weighted by Crippen LogP contribution is -2.35. The molecule has 2 aliphatic rings. The standard InChI is InChI=1S/C30H38N2O/c1-22(29-13-5-8-25-7-2-3-12-30(25)29)31-27-10-4-9-26(19-27)24-16-14-23(15-17-24)20-32-18-6-11-28(32)21-33/h2-3,5,7-8,12-17,22,26-28,31,33H,4,6,9-11,18-21H2,1H3/t22-,26?,27?,28?/m1/s1. The molecule has 3 heteroatoms. The van der Waals surface area contributed by atoms with E-state index in [1.165, 1.54) is 59.6 Å². The van der Waals surface area contributed by atoms with Gasteiger partial charge in [-0.25, -0.2) is 0 Å². The summed E-state index contributed by atoms with van der Waals surface area (Å²) < 4.78 is 0. The number of hydrogen-bond acceptors (Lipinski definition) is 3. The Labute approximate surface area is 198 Å². The molecule has 3 aromatic rings. The molecule has 174 valence electrons. The van der Waals surface area contributed by atoms with Gasteiger partial charge in [0.05, 0.1) is 6.61 Å². The van der Waals surface area contributed by atoms with Gasteiger partial charge in [-0.3, -0.25) is 4.90 Å². The van der Waals surface area contributed by atoms with Crippen molar-refractivity contribution in [3.8, 4) is 0 Å². The van der Waals surface area contributed by atoms with Gasteiger partial charge in [-0.2, -0.15) is 0 Å². The molecular weight excluding hydrogens is 404 g/mol. The maximum Gasteiger partial charge on any atom is 0.0587 e. The molecule has 3 nitrogen and oxygen atoms in total. The van der Waals surface area contributed by atoms with E-state index in [1.54, 1.807) is 0 Å². The highest BCUT2D eigenvalue weighted by atomic mass is 16.3. The average Bonchev–Trinajstić information content (AvgIpc) is 3.31. The number of rotatable bonds is 7. The van der Waals surface area contributed by atoms with Crippen molar-refractivity contribution in [2.45, 2.75) is 76.0 Å². The van der Waals surface area contributed by atoms with Gasteiger partial charge in [-0.1, -0.05) is 73.2 Å². The van der Waals surface area contributed by atoms with Crippen molar-refractivity contribution in [2.75, 3.05) is 13.2 Å². The third kappa shape index (κ3) is 5.16. The summed E-state index contributed by atoms with van der Waals surface area (Å²) in [6, 6.07) is 26.0. The van der Waals surface area contributed by atoms with Crippen LogP contribution in [0.25, 0.3) is 10.8 Å². The summed E-state index contributed by atoms with van der Waals surface area (Å²) in [6.45, 7) is 4.67. The first kappa shape index (κ1) is 22.6. The van der Waals surface area contributed by atoms with Crippen LogP contribution in [0.4, 0.5) is 0 Å². The Morgan fingerprint density at radius 1 is 0.939 bits per heavy atom. The smallest absolute Gasteiger partial charge is 0.0587 e. The fourth-order valence-electron chi connectivity index (χ4n) is 6.16. The summed E-state index contributed by atoms with van der Waals surface area (Å²) in [5, 5.41) is 16.2. The fourth-order valence-corrected chi connectivity index (χ4v) is 6.16. The third-order valence-corrected chi connectivity index (χ3v) is 8.00. The number of nitrogens with one attached hydrogen (secondary N) is 1. The number of fused-ring (bicyclic) bond motifs is 1. The predicted molar refractivity (Wildman–Crippen MR) is 137 cm³/mol. The van der Waals surface area contributed by atoms with Crippen LogP contribution in [0.2, 0.25) is 0 Å². The minimum Gasteiger partial charge on any atom is -0.395 e. The van der Waals surface area contributed by atoms with Crippen molar-refractivity contribution in [3.63, 3.8) is 0 Å². The predicted octanol–water partition coefficient (Wildman–Crippen LogP) is 6.17. The SMILES string of the molecule is C[C@@H](NC1CCCC(c2ccc(CN3CCCC3CO)cc2)C1)c1cccc2ccccc12. The molecule has 1 saturated heterocycles. The van der Waals surface area contributed by atoms with Gasteiger partial charge in [-0.05, 0) is 79.0 Å². The maximum atomic E-state index is 9.59. The second kappa shape index (κ2) is 10.4. The lowest BCUT2D eigenvalue weighted by Gasteiger charge is -2.33. The molecule has 4 atom stereocenters. The zero-order chi connectivity index (χ0) is 22.6. The first-order chi connectivity index (χ1) is 16.2. The van der Waals surface area contributed by atoms with Gasteiger partial charge in [-0.15, -0.1) is 0 Å². The Kier molecular flexibility index (Phi) is 7.10. The van der Waals surface area contributed by atoms with Crippen molar-refractivity contribution >= 4 is 10.8 Å². The van der Waals surface area contributed by atoms with Crippen molar-refractivity contribution in [1.82, 2.24) is 10.2 Å². The largest absolute Gasteiger partial charge is 0.395 e. The van der Waals surface area contributed by atoms with E-state index in [1.807, 2.05) is 0 Å². The fraction of sp³-hybridized carbons (Fsp3) is 0.467. The molecule has 0 aromatic heterocycles. The van der Waals surface area contributed by atoms with Crippen LogP contribution in [0.5, 0.6) is 0 Å². The summed E-state index contributed by atoms with van der Waals surface area (Å²) >= 11 is 0. The Morgan fingerprint density at radius 3 is 2.61 bits per heavy atom. The zero-order valence-electron chi connectivity index (χ0n) is 19.9. The van der Waals surface area contributed by atoms with Gasteiger partial charge in [0.25, 0.3) is 0 Å². The van der Waals surface area contributed by atoms with E-state index in [4.69, 9.17) is 0 Å². The van der Waals surface area contributed by atoms with Crippen LogP contribution in [0.15, 0.2) is 66.7 Å². The van der Waals surface area contributed by atoms with Crippen molar-refractivity contribution in [3.05, 3.63) is 83.4 Å². The number of benzene rings is 3. The molecule has 5 rings (SSSR count). The van der Waals surface area contributed by atoms with Crippen LogP contribution in [0.3, 0.4) is 0 Å². The quantitative estimate of drug-likeness (QED) is 0.459. The Hall–Kier alpha value is -2.20. The Balaban J connectivity index is 1.21. The molecule has 1 aliphatic heterocycles. The van der Waals surface area contributed by atoms with Gasteiger partial charge in [0, 0.05) is 24.7 Å². The summed E-state index contributed by atoms with van der Waals surface area (Å²) in [4.78, 5) is 2.43. The molecule has 2 fully saturated rings. The molecule has 33 heavy (non-hydrogen) atoms. The van der Waals surface area contributed by atoms with Crippen LogP contribution < -0.4 is 5.32 Å². The molecule has 0 amide bonds. The third-order valence-electron chi connectivity index (χ3n) is 8.00. The van der Waals surface area contributed by atoms with E-state index in [9.17, 15) is 5.11 Å². The lowest BCUT2D eigenvalue weighted by atomic mass is 9.80. The van der Waals surface area contributed by atoms with E-state index in [2.05, 4.69) is 83.9 Å². The minimum absolute atomic E-state index is 0.283. The second-order valence-corrected chi connectivity index (χ2v) is 10.2. The van der Waals surface area contributed by atoms with Crippen molar-refractivity contribution < 1.29 is 5.11 Å². The van der Waals surface area contributed by atoms with Crippen LogP contribution >= 0.6 is 0 Å². The number of aliphatic hydroxyl groups excluding tert-OH is 1. The second-order valence-electron chi connectivity index (χ2n) is 10.2. The highest BCUT2D eigenvalue weighted by Crippen LogP contribution is 2.35. The highest BCUT2D eigenvalue weighted by Gasteiger charge is 2.26. The monoisotopic (exact) mass is 442 g/mol. The maximum absolute atomic E-state index is 9.59. The minimum atomic E-state index is 0.283. The number of hydrogen-bond donors (Lipinski definition) is 2. The summed E-state index contributed by atoms with van der Waals surface area (Å²) in [6.07, 6.45) is 7.39. The lowest BCUT2D eigenvalue weighted by molar-refractivity contribution is 0.153. The molecule has 0 bridgehead atoms. The van der Waals surface area contributed by atoms with Gasteiger partial charge in [0.2, 0.25) is 0 Å². The van der Waals surface area contributed by atoms with Gasteiger partial charge < -0.3 is 10.4 Å². The van der Waals surface area contributed by atoms with Crippen LogP contribution in [0.1, 0.15) is 74.1 Å². The van der Waals surface area contributed by atoms with E-state index in [-0.39, 0.29) is 6.61 Å². The van der Waals surface area contributed by atoms with E-state index >= 15 is 0 Å². The van der Waals surface area contributed by atoms with E-state index < -0.39 is 0 Å². The van der Waals surface area contributed by atoms with Gasteiger partial charge in [0.1, 0.15) is 0 Å². The molecule has 1 aliphatic carbocycles. The highest BCUT2D eigenvalue weighted by molar-refractivity contribution is 5.86. The first-order valence-electron chi connectivity index (χ1n) is 12.9. The normalized spacial score (nSPS) is 24.8. The summed E-state index contributed by atoms with van der Waals surface area (Å²) in [5.74, 6) is 0.641. The Morgan fingerprint density at radius 2 is 1.76 bits per heavy atom. The molecule has 0 radical (unpaired) electrons. The number of aliphatic hydroxyl groups is 1. The summed E-state index contributed by atoms with van der Waals surface area (Å²) in [5.41, 5.74) is 4.26. The van der Waals surface area contributed by atoms with Crippen LogP contribution in [-0.2, 0) is 6.54 Å². The van der Waals surface area contributed by atoms with Crippen molar-refractivity contribution in [1.29, 1.82) is 0 Å². The molecule has 1 heterocycles. The molecule has 3 unspecified atom stereocenters. The molecular formula is C30H38N2O. The van der Waals surface area contributed by atoms with Gasteiger partial charge in [0.15, 0.2) is 0 Å². The van der Waals surface area contributed by atoms with E-state index in [0.717, 1.165) is 19.5 Å². The van der Waals surface area contributed by atoms with Crippen LogP contribution in [-0.4, -0.2) is 35.2 Å². The molecule has 0 spiro atoms. The number of likely N-dealkylation sites (tertiary alicyclic amines) is 1. The van der Waals surface area contributed by atoms with E-state index in [0.29, 0.717) is 24.0 Å². The molecule has 3 aromatic carbocycles. The first-order valence-corrected chi connectivity index (χ1v) is 12.9. The Bertz CT molecular complexity index is 1040. The van der Waals surface area contributed by atoms with Gasteiger partial charge >= 0.3 is 0 Å². The van der Waals surface area contributed by atoms with Crippen molar-refractivity contribution in [2.24, 2.45) is 0 Å². The molecule has 1 saturated carbocycles. The van der Waals surface area contributed by atoms with Crippen LogP contribution in [0, 0.1) is 0 Å².